The van der Waals surface area contributed by atoms with Gasteiger partial charge in [0.1, 0.15) is 17.0 Å². The minimum Gasteiger partial charge on any atom is -0.456 e. The van der Waals surface area contributed by atoms with Gasteiger partial charge in [0, 0.05) is 64.8 Å². The second-order valence-corrected chi connectivity index (χ2v) is 21.6. The van der Waals surface area contributed by atoms with Gasteiger partial charge in [0.05, 0.1) is 16.9 Å². The lowest BCUT2D eigenvalue weighted by Crippen LogP contribution is -2.15. The second kappa shape index (κ2) is 20.9. The third-order valence-electron chi connectivity index (χ3n) is 15.5. The molecular formula is C76H50N4OS. The maximum absolute atomic E-state index is 6.41. The molecule has 0 aliphatic rings. The molecule has 15 rings (SSSR count). The molecule has 0 spiro atoms. The van der Waals surface area contributed by atoms with Crippen molar-refractivity contribution in [3.05, 3.63) is 303 Å². The van der Waals surface area contributed by atoms with Crippen LogP contribution in [0, 0.1) is 0 Å². The summed E-state index contributed by atoms with van der Waals surface area (Å²) in [4.78, 5) is 16.1. The Balaban J connectivity index is 0.910. The van der Waals surface area contributed by atoms with Crippen LogP contribution in [-0.4, -0.2) is 9.97 Å². The molecule has 0 radical (unpaired) electrons. The molecule has 3 aromatic heterocycles. The summed E-state index contributed by atoms with van der Waals surface area (Å²) in [6.45, 7) is 0. The van der Waals surface area contributed by atoms with Crippen molar-refractivity contribution >= 4 is 87.7 Å². The van der Waals surface area contributed by atoms with Gasteiger partial charge in [-0.3, -0.25) is 4.90 Å². The van der Waals surface area contributed by atoms with Crippen LogP contribution >= 0.6 is 11.3 Å². The van der Waals surface area contributed by atoms with Crippen LogP contribution in [0.2, 0.25) is 0 Å². The molecular weight excluding hydrogens is 1020 g/mol. The molecule has 0 bridgehead atoms. The van der Waals surface area contributed by atoms with E-state index in [0.717, 1.165) is 111 Å². The number of hydrogen-bond acceptors (Lipinski definition) is 6. The summed E-state index contributed by atoms with van der Waals surface area (Å²) in [5.41, 5.74) is 18.4. The lowest BCUT2D eigenvalue weighted by atomic mass is 9.97. The van der Waals surface area contributed by atoms with E-state index in [4.69, 9.17) is 14.4 Å². The Morgan fingerprint density at radius 1 is 0.293 bits per heavy atom. The van der Waals surface area contributed by atoms with Gasteiger partial charge in [-0.15, -0.1) is 11.3 Å². The summed E-state index contributed by atoms with van der Waals surface area (Å²) in [6, 6.07) is 108. The summed E-state index contributed by atoms with van der Waals surface area (Å²) in [7, 11) is 0. The van der Waals surface area contributed by atoms with Gasteiger partial charge >= 0.3 is 0 Å². The van der Waals surface area contributed by atoms with E-state index in [1.54, 1.807) is 11.3 Å². The number of fused-ring (bicyclic) bond motifs is 6. The van der Waals surface area contributed by atoms with Gasteiger partial charge in [0.15, 0.2) is 5.82 Å². The largest absolute Gasteiger partial charge is 0.456 e. The number of benzene rings is 12. The van der Waals surface area contributed by atoms with Crippen molar-refractivity contribution in [2.45, 2.75) is 0 Å². The molecule has 0 saturated carbocycles. The number of aromatic nitrogens is 2. The number of para-hydroxylation sites is 2. The number of nitrogens with zero attached hydrogens (tertiary/aromatic N) is 4. The van der Waals surface area contributed by atoms with Crippen molar-refractivity contribution in [3.63, 3.8) is 0 Å². The van der Waals surface area contributed by atoms with Crippen LogP contribution in [0.5, 0.6) is 0 Å². The Hall–Kier alpha value is -10.7. The van der Waals surface area contributed by atoms with E-state index in [1.165, 1.54) is 26.8 Å². The van der Waals surface area contributed by atoms with Crippen molar-refractivity contribution < 1.29 is 4.42 Å². The molecule has 0 unspecified atom stereocenters. The number of anilines is 6. The van der Waals surface area contributed by atoms with Gasteiger partial charge in [-0.05, 0) is 124 Å². The fourth-order valence-corrected chi connectivity index (χ4v) is 12.7. The summed E-state index contributed by atoms with van der Waals surface area (Å²) in [5, 5.41) is 4.56. The van der Waals surface area contributed by atoms with Crippen molar-refractivity contribution in [2.24, 2.45) is 0 Å². The predicted molar refractivity (Wildman–Crippen MR) is 344 cm³/mol. The van der Waals surface area contributed by atoms with E-state index < -0.39 is 0 Å². The average molecular weight is 1070 g/mol. The predicted octanol–water partition coefficient (Wildman–Crippen LogP) is 21.7. The first kappa shape index (κ1) is 48.5. The van der Waals surface area contributed by atoms with Gasteiger partial charge in [0.25, 0.3) is 0 Å². The average Bonchev–Trinajstić information content (AvgIpc) is 4.25. The first-order chi connectivity index (χ1) is 40.6. The zero-order valence-corrected chi connectivity index (χ0v) is 45.3. The molecule has 0 amide bonds. The molecule has 5 nitrogen and oxygen atoms in total. The molecule has 0 saturated heterocycles. The van der Waals surface area contributed by atoms with Gasteiger partial charge in [-0.1, -0.05) is 218 Å². The molecule has 0 fully saturated rings. The maximum Gasteiger partial charge on any atom is 0.162 e. The summed E-state index contributed by atoms with van der Waals surface area (Å²) in [6.07, 6.45) is 0. The number of furan rings is 1. The first-order valence-corrected chi connectivity index (χ1v) is 28.4. The number of rotatable bonds is 12. The zero-order valence-electron chi connectivity index (χ0n) is 44.5. The van der Waals surface area contributed by atoms with Gasteiger partial charge < -0.3 is 9.32 Å². The first-order valence-electron chi connectivity index (χ1n) is 27.6. The minimum absolute atomic E-state index is 0.624. The molecule has 82 heavy (non-hydrogen) atoms. The highest BCUT2D eigenvalue weighted by Crippen LogP contribution is 2.49. The monoisotopic (exact) mass is 1070 g/mol. The van der Waals surface area contributed by atoms with Crippen molar-refractivity contribution in [3.8, 4) is 67.2 Å². The zero-order chi connectivity index (χ0) is 54.3. The Bertz CT molecular complexity index is 4790. The highest BCUT2D eigenvalue weighted by atomic mass is 32.1. The highest BCUT2D eigenvalue weighted by Gasteiger charge is 2.27. The topological polar surface area (TPSA) is 45.4 Å². The van der Waals surface area contributed by atoms with E-state index in [2.05, 4.69) is 301 Å². The quantitative estimate of drug-likeness (QED) is 0.122. The van der Waals surface area contributed by atoms with Crippen molar-refractivity contribution in [1.29, 1.82) is 0 Å². The Kier molecular flexibility index (Phi) is 12.3. The molecule has 12 aromatic carbocycles. The van der Waals surface area contributed by atoms with Crippen LogP contribution in [0.1, 0.15) is 0 Å². The minimum atomic E-state index is 0.624. The molecule has 15 aromatic rings. The molecule has 0 aliphatic carbocycles. The lowest BCUT2D eigenvalue weighted by molar-refractivity contribution is 0.669. The summed E-state index contributed by atoms with van der Waals surface area (Å²) >= 11 is 1.80. The van der Waals surface area contributed by atoms with Crippen LogP contribution in [0.3, 0.4) is 0 Å². The van der Waals surface area contributed by atoms with Crippen LogP contribution < -0.4 is 9.80 Å². The lowest BCUT2D eigenvalue weighted by Gasteiger charge is -2.28. The van der Waals surface area contributed by atoms with Crippen LogP contribution in [0.25, 0.3) is 109 Å². The van der Waals surface area contributed by atoms with Crippen LogP contribution in [0.4, 0.5) is 34.3 Å². The van der Waals surface area contributed by atoms with E-state index in [-0.39, 0.29) is 0 Å². The summed E-state index contributed by atoms with van der Waals surface area (Å²) < 4.78 is 8.74. The summed E-state index contributed by atoms with van der Waals surface area (Å²) in [5.74, 6) is 1.38. The third kappa shape index (κ3) is 8.94. The van der Waals surface area contributed by atoms with Gasteiger partial charge in [-0.2, -0.15) is 0 Å². The van der Waals surface area contributed by atoms with Crippen molar-refractivity contribution in [1.82, 2.24) is 9.97 Å². The normalized spacial score (nSPS) is 11.4. The second-order valence-electron chi connectivity index (χ2n) is 20.5. The van der Waals surface area contributed by atoms with E-state index >= 15 is 0 Å². The van der Waals surface area contributed by atoms with Crippen LogP contribution in [-0.2, 0) is 0 Å². The number of thiophene rings is 1. The fourth-order valence-electron chi connectivity index (χ4n) is 11.6. The maximum atomic E-state index is 6.41. The Labute approximate surface area is 479 Å². The van der Waals surface area contributed by atoms with Crippen LogP contribution in [0.15, 0.2) is 308 Å². The molecule has 3 heterocycles. The Morgan fingerprint density at radius 3 is 1.49 bits per heavy atom. The molecule has 0 aliphatic heterocycles. The molecule has 6 heteroatoms. The van der Waals surface area contributed by atoms with E-state index in [9.17, 15) is 0 Å². The molecule has 0 N–H and O–H groups in total. The van der Waals surface area contributed by atoms with Gasteiger partial charge in [-0.25, -0.2) is 9.97 Å². The molecule has 0 atom stereocenters. The Morgan fingerprint density at radius 2 is 0.780 bits per heavy atom. The molecule has 386 valence electrons. The number of hydrogen-bond donors (Lipinski definition) is 0. The fraction of sp³-hybridized carbons (Fsp3) is 0. The van der Waals surface area contributed by atoms with E-state index in [0.29, 0.717) is 5.82 Å². The van der Waals surface area contributed by atoms with E-state index in [1.807, 2.05) is 12.1 Å². The third-order valence-corrected chi connectivity index (χ3v) is 16.6. The van der Waals surface area contributed by atoms with Crippen molar-refractivity contribution in [2.75, 3.05) is 9.80 Å². The SMILES string of the molecule is c1ccc(-c2ccc(N(c3cccc(-c4ccccc4)c3)c3cccc4sc5cc(-c6nc(-c7ccccc7)c(-c7ccccc7)c(N(c7ccccc7)c7cccc(-c8ccc9c(c8)oc8ccccc89)c7)n6)ccc5c34)cc2)cc1. The smallest absolute Gasteiger partial charge is 0.162 e. The standard InChI is InChI=1S/C76H50N4OS/c1-6-21-51(22-7-1)53-39-43-61(44-40-53)79(62-33-18-29-56(47-62)52-23-8-2-9-24-52)67-36-20-38-70-73(67)66-46-42-59(50-71(66)82-70)75-77-74(55-27-12-4-13-28-55)72(54-25-10-3-11-26-54)76(78-75)80(60-31-14-5-15-32-60)63-34-19-30-57(48-63)58-41-45-65-64-35-16-17-37-68(64)81-69(65)49-58/h1-50H. The highest BCUT2D eigenvalue weighted by molar-refractivity contribution is 7.26. The van der Waals surface area contributed by atoms with Gasteiger partial charge in [0.2, 0.25) is 0 Å².